The average Bonchev–Trinajstić information content (AvgIpc) is 2.91. The Bertz CT molecular complexity index is 526. The first kappa shape index (κ1) is 17.5. The minimum absolute atomic E-state index is 0. The largest absolute Gasteiger partial charge is 0.355 e. The number of aliphatic imine (C=N–C) groups is 1. The van der Waals surface area contributed by atoms with Crippen molar-refractivity contribution in [2.24, 2.45) is 4.99 Å². The first-order chi connectivity index (χ1) is 10.2. The Balaban J connectivity index is 0.00000176. The Morgan fingerprint density at radius 2 is 2.05 bits per heavy atom. The average molecular weight is 417 g/mol. The summed E-state index contributed by atoms with van der Waals surface area (Å²) in [4.78, 5) is 6.66. The van der Waals surface area contributed by atoms with Crippen LogP contribution in [0.1, 0.15) is 37.7 Å². The number of rotatable bonds is 3. The standard InChI is InChI=1S/C17H24FN3.HI/c1-21-11-10-19-16(21)20-13-17(8-3-2-4-9-17)14-6-5-7-15(18)12-14;/h5-7,12H,2-4,8-11,13H2,1H3,(H,19,20);1H. The van der Waals surface area contributed by atoms with E-state index in [2.05, 4.69) is 28.3 Å². The Morgan fingerprint density at radius 3 is 2.68 bits per heavy atom. The van der Waals surface area contributed by atoms with Gasteiger partial charge >= 0.3 is 0 Å². The van der Waals surface area contributed by atoms with E-state index >= 15 is 0 Å². The van der Waals surface area contributed by atoms with Crippen LogP contribution in [0.15, 0.2) is 29.3 Å². The molecule has 0 saturated heterocycles. The normalized spacial score (nSPS) is 20.3. The monoisotopic (exact) mass is 417 g/mol. The van der Waals surface area contributed by atoms with E-state index in [1.807, 2.05) is 6.07 Å². The fourth-order valence-corrected chi connectivity index (χ4v) is 3.59. The predicted octanol–water partition coefficient (Wildman–Crippen LogP) is 3.54. The second-order valence-corrected chi connectivity index (χ2v) is 6.33. The lowest BCUT2D eigenvalue weighted by atomic mass is 9.69. The van der Waals surface area contributed by atoms with Gasteiger partial charge in [-0.15, -0.1) is 24.0 Å². The summed E-state index contributed by atoms with van der Waals surface area (Å²) in [6.45, 7) is 2.70. The number of nitrogens with one attached hydrogen (secondary N) is 1. The van der Waals surface area contributed by atoms with Crippen molar-refractivity contribution in [3.63, 3.8) is 0 Å². The topological polar surface area (TPSA) is 27.6 Å². The molecule has 0 radical (unpaired) electrons. The van der Waals surface area contributed by atoms with Gasteiger partial charge in [-0.05, 0) is 30.5 Å². The van der Waals surface area contributed by atoms with Gasteiger partial charge in [-0.1, -0.05) is 31.4 Å². The number of halogens is 2. The van der Waals surface area contributed by atoms with Crippen molar-refractivity contribution in [1.82, 2.24) is 10.2 Å². The molecule has 1 heterocycles. The number of hydrogen-bond acceptors (Lipinski definition) is 3. The third kappa shape index (κ3) is 3.73. The molecule has 0 aromatic heterocycles. The molecule has 1 N–H and O–H groups in total. The molecule has 3 nitrogen and oxygen atoms in total. The van der Waals surface area contributed by atoms with Gasteiger partial charge in [-0.25, -0.2) is 4.39 Å². The molecule has 122 valence electrons. The summed E-state index contributed by atoms with van der Waals surface area (Å²) in [5.74, 6) is 0.851. The first-order valence-electron chi connectivity index (χ1n) is 7.95. The van der Waals surface area contributed by atoms with Crippen LogP contribution >= 0.6 is 24.0 Å². The molecular formula is C17H25FIN3. The molecule has 5 heteroatoms. The Labute approximate surface area is 149 Å². The minimum Gasteiger partial charge on any atom is -0.355 e. The fraction of sp³-hybridized carbons (Fsp3) is 0.588. The van der Waals surface area contributed by atoms with Gasteiger partial charge in [-0.3, -0.25) is 4.99 Å². The van der Waals surface area contributed by atoms with Crippen LogP contribution in [0, 0.1) is 5.82 Å². The third-order valence-corrected chi connectivity index (χ3v) is 4.89. The molecule has 0 amide bonds. The Hall–Kier alpha value is -0.850. The van der Waals surface area contributed by atoms with Gasteiger partial charge in [0.25, 0.3) is 0 Å². The maximum Gasteiger partial charge on any atom is 0.193 e. The predicted molar refractivity (Wildman–Crippen MR) is 99.5 cm³/mol. The zero-order valence-electron chi connectivity index (χ0n) is 13.1. The highest BCUT2D eigenvalue weighted by Gasteiger charge is 2.34. The number of hydrogen-bond donors (Lipinski definition) is 1. The molecule has 1 saturated carbocycles. The Kier molecular flexibility index (Phi) is 6.06. The lowest BCUT2D eigenvalue weighted by Gasteiger charge is -2.38. The molecule has 0 unspecified atom stereocenters. The van der Waals surface area contributed by atoms with Crippen LogP contribution in [0.4, 0.5) is 4.39 Å². The molecule has 2 aliphatic rings. The Morgan fingerprint density at radius 1 is 1.27 bits per heavy atom. The van der Waals surface area contributed by atoms with E-state index in [-0.39, 0.29) is 35.2 Å². The van der Waals surface area contributed by atoms with Gasteiger partial charge in [0.15, 0.2) is 5.96 Å². The smallest absolute Gasteiger partial charge is 0.193 e. The molecule has 1 aliphatic heterocycles. The summed E-state index contributed by atoms with van der Waals surface area (Å²) in [5.41, 5.74) is 1.18. The van der Waals surface area contributed by atoms with E-state index in [0.29, 0.717) is 0 Å². The second-order valence-electron chi connectivity index (χ2n) is 6.33. The summed E-state index contributed by atoms with van der Waals surface area (Å²) >= 11 is 0. The molecule has 1 fully saturated rings. The molecule has 22 heavy (non-hydrogen) atoms. The summed E-state index contributed by atoms with van der Waals surface area (Å²) < 4.78 is 13.6. The molecule has 1 aromatic rings. The van der Waals surface area contributed by atoms with Gasteiger partial charge < -0.3 is 10.2 Å². The lowest BCUT2D eigenvalue weighted by molar-refractivity contribution is 0.288. The van der Waals surface area contributed by atoms with Gasteiger partial charge in [0.05, 0.1) is 6.54 Å². The third-order valence-electron chi connectivity index (χ3n) is 4.89. The molecule has 3 rings (SSSR count). The van der Waals surface area contributed by atoms with Crippen molar-refractivity contribution in [2.75, 3.05) is 26.7 Å². The van der Waals surface area contributed by atoms with Crippen molar-refractivity contribution in [2.45, 2.75) is 37.5 Å². The van der Waals surface area contributed by atoms with Gasteiger partial charge in [0.1, 0.15) is 5.82 Å². The number of guanidine groups is 1. The number of likely N-dealkylation sites (N-methyl/N-ethyl adjacent to an activating group) is 1. The highest BCUT2D eigenvalue weighted by atomic mass is 127. The molecular weight excluding hydrogens is 392 g/mol. The maximum atomic E-state index is 13.6. The van der Waals surface area contributed by atoms with Crippen LogP contribution in [0.3, 0.4) is 0 Å². The van der Waals surface area contributed by atoms with E-state index in [1.54, 1.807) is 6.07 Å². The van der Waals surface area contributed by atoms with Gasteiger partial charge in [-0.2, -0.15) is 0 Å². The van der Waals surface area contributed by atoms with Crippen molar-refractivity contribution >= 4 is 29.9 Å². The lowest BCUT2D eigenvalue weighted by Crippen LogP contribution is -2.45. The van der Waals surface area contributed by atoms with E-state index in [1.165, 1.54) is 25.3 Å². The van der Waals surface area contributed by atoms with Gasteiger partial charge in [0, 0.05) is 25.6 Å². The van der Waals surface area contributed by atoms with Crippen molar-refractivity contribution in [3.05, 3.63) is 35.6 Å². The molecule has 1 aromatic carbocycles. The van der Waals surface area contributed by atoms with Crippen LogP contribution in [0.25, 0.3) is 0 Å². The van der Waals surface area contributed by atoms with Crippen molar-refractivity contribution in [1.29, 1.82) is 0 Å². The van der Waals surface area contributed by atoms with E-state index in [4.69, 9.17) is 0 Å². The number of nitrogens with zero attached hydrogens (tertiary/aromatic N) is 2. The minimum atomic E-state index is -0.132. The molecule has 1 aliphatic carbocycles. The van der Waals surface area contributed by atoms with Gasteiger partial charge in [0.2, 0.25) is 0 Å². The fourth-order valence-electron chi connectivity index (χ4n) is 3.59. The zero-order chi connectivity index (χ0) is 14.7. The number of benzene rings is 1. The first-order valence-corrected chi connectivity index (χ1v) is 7.95. The van der Waals surface area contributed by atoms with Crippen LogP contribution in [-0.4, -0.2) is 37.5 Å². The van der Waals surface area contributed by atoms with Crippen LogP contribution in [0.5, 0.6) is 0 Å². The molecule has 0 atom stereocenters. The highest BCUT2D eigenvalue weighted by molar-refractivity contribution is 14.0. The molecule has 0 spiro atoms. The summed E-state index contributed by atoms with van der Waals surface area (Å²) in [5, 5.41) is 3.51. The quantitative estimate of drug-likeness (QED) is 0.763. The zero-order valence-corrected chi connectivity index (χ0v) is 15.5. The summed E-state index contributed by atoms with van der Waals surface area (Å²) in [6, 6.07) is 7.16. The van der Waals surface area contributed by atoms with Crippen molar-refractivity contribution in [3.8, 4) is 0 Å². The van der Waals surface area contributed by atoms with Crippen molar-refractivity contribution < 1.29 is 4.39 Å². The SMILES string of the molecule is CN1CCN=C1NCC1(c2cccc(F)c2)CCCCC1.I. The highest BCUT2D eigenvalue weighted by Crippen LogP contribution is 2.39. The summed E-state index contributed by atoms with van der Waals surface area (Å²) in [6.07, 6.45) is 5.99. The molecule has 0 bridgehead atoms. The second kappa shape index (κ2) is 7.62. The van der Waals surface area contributed by atoms with E-state index in [9.17, 15) is 4.39 Å². The summed E-state index contributed by atoms with van der Waals surface area (Å²) in [7, 11) is 2.06. The maximum absolute atomic E-state index is 13.6. The van der Waals surface area contributed by atoms with Crippen LogP contribution < -0.4 is 5.32 Å². The van der Waals surface area contributed by atoms with E-state index < -0.39 is 0 Å². The van der Waals surface area contributed by atoms with Crippen LogP contribution in [0.2, 0.25) is 0 Å². The van der Waals surface area contributed by atoms with Crippen LogP contribution in [-0.2, 0) is 5.41 Å². The van der Waals surface area contributed by atoms with E-state index in [0.717, 1.165) is 44.0 Å².